The third-order valence-corrected chi connectivity index (χ3v) is 3.77. The SMILES string of the molecule is CN(CC1(O)CCOCC1)S(C)(=O)=O. The minimum Gasteiger partial charge on any atom is -0.388 e. The highest BCUT2D eigenvalue weighted by Crippen LogP contribution is 2.21. The molecule has 0 aromatic heterocycles. The highest BCUT2D eigenvalue weighted by atomic mass is 32.2. The number of sulfonamides is 1. The minimum absolute atomic E-state index is 0.148. The number of hydrogen-bond acceptors (Lipinski definition) is 4. The van der Waals surface area contributed by atoms with Gasteiger partial charge in [0.05, 0.1) is 11.9 Å². The van der Waals surface area contributed by atoms with E-state index in [2.05, 4.69) is 0 Å². The van der Waals surface area contributed by atoms with Gasteiger partial charge in [-0.3, -0.25) is 0 Å². The first-order valence-electron chi connectivity index (χ1n) is 4.55. The van der Waals surface area contributed by atoms with Gasteiger partial charge in [-0.2, -0.15) is 0 Å². The Kier molecular flexibility index (Phi) is 3.52. The van der Waals surface area contributed by atoms with Gasteiger partial charge in [0.2, 0.25) is 10.0 Å². The molecule has 5 nitrogen and oxygen atoms in total. The third kappa shape index (κ3) is 3.20. The summed E-state index contributed by atoms with van der Waals surface area (Å²) < 4.78 is 28.5. The zero-order valence-corrected chi connectivity index (χ0v) is 9.38. The predicted molar refractivity (Wildman–Crippen MR) is 52.5 cm³/mol. The minimum atomic E-state index is -3.21. The molecule has 0 unspecified atom stereocenters. The summed E-state index contributed by atoms with van der Waals surface area (Å²) in [6.45, 7) is 1.14. The van der Waals surface area contributed by atoms with E-state index in [0.717, 1.165) is 6.26 Å². The molecule has 1 aliphatic heterocycles. The molecular weight excluding hydrogens is 206 g/mol. The van der Waals surface area contributed by atoms with Crippen molar-refractivity contribution < 1.29 is 18.3 Å². The second-order valence-corrected chi connectivity index (χ2v) is 5.95. The standard InChI is InChI=1S/C8H17NO4S/c1-9(14(2,11)12)7-8(10)3-5-13-6-4-8/h10H,3-7H2,1-2H3. The molecule has 0 aromatic carbocycles. The molecule has 0 aromatic rings. The summed E-state index contributed by atoms with van der Waals surface area (Å²) in [6.07, 6.45) is 2.12. The molecule has 1 fully saturated rings. The Bertz CT molecular complexity index is 282. The van der Waals surface area contributed by atoms with E-state index >= 15 is 0 Å². The van der Waals surface area contributed by atoms with Crippen LogP contribution in [0.1, 0.15) is 12.8 Å². The first-order chi connectivity index (χ1) is 6.33. The van der Waals surface area contributed by atoms with Gasteiger partial charge in [0.1, 0.15) is 0 Å². The van der Waals surface area contributed by atoms with Crippen molar-refractivity contribution in [2.75, 3.05) is 33.1 Å². The van der Waals surface area contributed by atoms with Crippen LogP contribution in [-0.4, -0.2) is 56.5 Å². The monoisotopic (exact) mass is 223 g/mol. The van der Waals surface area contributed by atoms with Crippen LogP contribution in [0, 0.1) is 0 Å². The van der Waals surface area contributed by atoms with Crippen molar-refractivity contribution in [1.29, 1.82) is 0 Å². The fraction of sp³-hybridized carbons (Fsp3) is 1.00. The molecule has 6 heteroatoms. The second-order valence-electron chi connectivity index (χ2n) is 3.86. The fourth-order valence-electron chi connectivity index (χ4n) is 1.44. The van der Waals surface area contributed by atoms with Crippen molar-refractivity contribution in [3.8, 4) is 0 Å². The van der Waals surface area contributed by atoms with Crippen LogP contribution in [0.4, 0.5) is 0 Å². The maximum atomic E-state index is 11.1. The average Bonchev–Trinajstić information content (AvgIpc) is 2.02. The summed E-state index contributed by atoms with van der Waals surface area (Å²) in [7, 11) is -1.73. The summed E-state index contributed by atoms with van der Waals surface area (Å²) in [4.78, 5) is 0. The molecule has 1 aliphatic rings. The Morgan fingerprint density at radius 2 is 1.93 bits per heavy atom. The van der Waals surface area contributed by atoms with Crippen molar-refractivity contribution in [2.24, 2.45) is 0 Å². The summed E-state index contributed by atoms with van der Waals surface area (Å²) in [6, 6.07) is 0. The summed E-state index contributed by atoms with van der Waals surface area (Å²) >= 11 is 0. The molecule has 0 bridgehead atoms. The van der Waals surface area contributed by atoms with E-state index in [0.29, 0.717) is 26.1 Å². The lowest BCUT2D eigenvalue weighted by Crippen LogP contribution is -2.47. The number of ether oxygens (including phenoxy) is 1. The van der Waals surface area contributed by atoms with Crippen LogP contribution >= 0.6 is 0 Å². The van der Waals surface area contributed by atoms with E-state index in [1.165, 1.54) is 11.4 Å². The lowest BCUT2D eigenvalue weighted by molar-refractivity contribution is -0.0689. The third-order valence-electron chi connectivity index (χ3n) is 2.51. The van der Waals surface area contributed by atoms with Crippen LogP contribution in [0.15, 0.2) is 0 Å². The lowest BCUT2D eigenvalue weighted by atomic mass is 9.95. The van der Waals surface area contributed by atoms with Crippen LogP contribution in [0.3, 0.4) is 0 Å². The zero-order chi connectivity index (χ0) is 10.8. The van der Waals surface area contributed by atoms with E-state index in [4.69, 9.17) is 4.74 Å². The zero-order valence-electron chi connectivity index (χ0n) is 8.56. The highest BCUT2D eigenvalue weighted by molar-refractivity contribution is 7.88. The van der Waals surface area contributed by atoms with Gasteiger partial charge in [-0.25, -0.2) is 12.7 Å². The Labute approximate surface area is 84.7 Å². The molecule has 14 heavy (non-hydrogen) atoms. The molecule has 0 spiro atoms. The van der Waals surface area contributed by atoms with E-state index in [1.807, 2.05) is 0 Å². The predicted octanol–water partition coefficient (Wildman–Crippen LogP) is -0.581. The number of likely N-dealkylation sites (N-methyl/N-ethyl adjacent to an activating group) is 1. The largest absolute Gasteiger partial charge is 0.388 e. The van der Waals surface area contributed by atoms with Gasteiger partial charge >= 0.3 is 0 Å². The van der Waals surface area contributed by atoms with Gasteiger partial charge in [0.15, 0.2) is 0 Å². The van der Waals surface area contributed by atoms with Crippen LogP contribution < -0.4 is 0 Å². The maximum absolute atomic E-state index is 11.1. The van der Waals surface area contributed by atoms with Crippen LogP contribution in [0.25, 0.3) is 0 Å². The van der Waals surface area contributed by atoms with Crippen molar-refractivity contribution in [1.82, 2.24) is 4.31 Å². The van der Waals surface area contributed by atoms with Gasteiger partial charge in [0.25, 0.3) is 0 Å². The maximum Gasteiger partial charge on any atom is 0.211 e. The van der Waals surface area contributed by atoms with Gasteiger partial charge in [-0.05, 0) is 0 Å². The van der Waals surface area contributed by atoms with Gasteiger partial charge in [-0.1, -0.05) is 0 Å². The van der Waals surface area contributed by atoms with E-state index < -0.39 is 15.6 Å². The average molecular weight is 223 g/mol. The molecule has 0 atom stereocenters. The number of aliphatic hydroxyl groups is 1. The Hall–Kier alpha value is -0.170. The van der Waals surface area contributed by atoms with Crippen LogP contribution in [0.5, 0.6) is 0 Å². The molecule has 0 radical (unpaired) electrons. The molecule has 0 saturated carbocycles. The molecule has 1 saturated heterocycles. The Balaban J connectivity index is 2.58. The topological polar surface area (TPSA) is 66.8 Å². The smallest absolute Gasteiger partial charge is 0.211 e. The van der Waals surface area contributed by atoms with Crippen molar-refractivity contribution in [2.45, 2.75) is 18.4 Å². The summed E-state index contributed by atoms with van der Waals surface area (Å²) in [5.41, 5.74) is -0.921. The second kappa shape index (κ2) is 4.14. The fourth-order valence-corrected chi connectivity index (χ4v) is 1.92. The highest BCUT2D eigenvalue weighted by Gasteiger charge is 2.33. The quantitative estimate of drug-likeness (QED) is 0.695. The Morgan fingerprint density at radius 3 is 2.36 bits per heavy atom. The molecule has 1 N–H and O–H groups in total. The van der Waals surface area contributed by atoms with Gasteiger partial charge < -0.3 is 9.84 Å². The van der Waals surface area contributed by atoms with Crippen LogP contribution in [-0.2, 0) is 14.8 Å². The van der Waals surface area contributed by atoms with Gasteiger partial charge in [0, 0.05) is 39.6 Å². The molecule has 84 valence electrons. The van der Waals surface area contributed by atoms with Gasteiger partial charge in [-0.15, -0.1) is 0 Å². The molecular formula is C8H17NO4S. The molecule has 0 aliphatic carbocycles. The van der Waals surface area contributed by atoms with Crippen molar-refractivity contribution in [3.05, 3.63) is 0 Å². The lowest BCUT2D eigenvalue weighted by Gasteiger charge is -2.34. The number of rotatable bonds is 3. The Morgan fingerprint density at radius 1 is 1.43 bits per heavy atom. The number of nitrogens with zero attached hydrogens (tertiary/aromatic N) is 1. The summed E-state index contributed by atoms with van der Waals surface area (Å²) in [5, 5.41) is 10.0. The van der Waals surface area contributed by atoms with Crippen LogP contribution in [0.2, 0.25) is 0 Å². The number of hydrogen-bond donors (Lipinski definition) is 1. The summed E-state index contributed by atoms with van der Waals surface area (Å²) in [5.74, 6) is 0. The van der Waals surface area contributed by atoms with Crippen molar-refractivity contribution in [3.63, 3.8) is 0 Å². The van der Waals surface area contributed by atoms with E-state index in [1.54, 1.807) is 0 Å². The van der Waals surface area contributed by atoms with E-state index in [9.17, 15) is 13.5 Å². The van der Waals surface area contributed by atoms with Crippen molar-refractivity contribution >= 4 is 10.0 Å². The molecule has 1 heterocycles. The first-order valence-corrected chi connectivity index (χ1v) is 6.40. The molecule has 1 rings (SSSR count). The molecule has 0 amide bonds. The normalized spacial score (nSPS) is 22.6. The first kappa shape index (κ1) is 11.9. The van der Waals surface area contributed by atoms with E-state index in [-0.39, 0.29) is 6.54 Å².